The minimum absolute atomic E-state index is 0.00259. The molecule has 0 bridgehead atoms. The Morgan fingerprint density at radius 3 is 2.77 bits per heavy atom. The zero-order chi connectivity index (χ0) is 22.3. The minimum atomic E-state index is -4.42. The summed E-state index contributed by atoms with van der Waals surface area (Å²) in [6, 6.07) is 0.949. The molecule has 1 aromatic rings. The number of alkyl halides is 5. The topological polar surface area (TPSA) is 75.2 Å². The number of hydrogen-bond acceptors (Lipinski definition) is 6. The van der Waals surface area contributed by atoms with E-state index in [1.807, 2.05) is 0 Å². The molecule has 2 N–H and O–H groups in total. The summed E-state index contributed by atoms with van der Waals surface area (Å²) in [5.41, 5.74) is 2.45. The van der Waals surface area contributed by atoms with Gasteiger partial charge in [-0.05, 0) is 18.6 Å². The van der Waals surface area contributed by atoms with Gasteiger partial charge >= 0.3 is 12.6 Å². The van der Waals surface area contributed by atoms with Gasteiger partial charge < -0.3 is 19.7 Å². The van der Waals surface area contributed by atoms with E-state index in [2.05, 4.69) is 15.8 Å². The molecule has 3 heterocycles. The third kappa shape index (κ3) is 4.42. The molecule has 0 aliphatic carbocycles. The van der Waals surface area contributed by atoms with Gasteiger partial charge in [0.05, 0.1) is 25.7 Å². The number of fused-ring (bicyclic) bond motifs is 1. The second kappa shape index (κ2) is 8.19. The van der Waals surface area contributed by atoms with E-state index in [-0.39, 0.29) is 42.9 Å². The zero-order valence-electron chi connectivity index (χ0n) is 15.9. The summed E-state index contributed by atoms with van der Waals surface area (Å²) in [6.45, 7) is -1.13. The Labute approximate surface area is 172 Å². The molecule has 0 spiro atoms. The van der Waals surface area contributed by atoms with Crippen LogP contribution in [0.2, 0.25) is 0 Å². The second-order valence-electron chi connectivity index (χ2n) is 7.37. The SMILES string of the molecule is O=C1c2cc(C3NN=C(C(F)F)O3)cc(F)c2CN1[C@@H]1COCC[C@H]1NCC(F)(F)F. The first-order chi connectivity index (χ1) is 14.6. The summed E-state index contributed by atoms with van der Waals surface area (Å²) >= 11 is 0. The molecule has 1 saturated heterocycles. The van der Waals surface area contributed by atoms with Crippen molar-refractivity contribution in [3.05, 3.63) is 34.6 Å². The number of hydrogen-bond donors (Lipinski definition) is 2. The molecular weight excluding hydrogens is 434 g/mol. The van der Waals surface area contributed by atoms with Crippen LogP contribution in [0.15, 0.2) is 17.2 Å². The van der Waals surface area contributed by atoms with Crippen LogP contribution in [0, 0.1) is 5.82 Å². The summed E-state index contributed by atoms with van der Waals surface area (Å²) in [7, 11) is 0. The van der Waals surface area contributed by atoms with Crippen LogP contribution in [-0.4, -0.2) is 61.1 Å². The van der Waals surface area contributed by atoms with Crippen molar-refractivity contribution >= 4 is 11.8 Å². The number of rotatable bonds is 5. The van der Waals surface area contributed by atoms with E-state index < -0.39 is 55.1 Å². The first kappa shape index (κ1) is 21.7. The Kier molecular flexibility index (Phi) is 5.73. The normalized spacial score (nSPS) is 26.0. The van der Waals surface area contributed by atoms with E-state index in [1.165, 1.54) is 11.0 Å². The van der Waals surface area contributed by atoms with Crippen molar-refractivity contribution < 1.29 is 40.6 Å². The standard InChI is InChI=1S/C18H18F6N4O3/c19-11-4-8(15-26-27-16(31-15)14(20)21)3-9-10(11)5-28(17(9)29)13-6-30-2-1-12(13)25-7-18(22,23)24/h3-4,12-15,25-26H,1-2,5-7H2/t12-,13-,15?/m1/s1. The van der Waals surface area contributed by atoms with Crippen molar-refractivity contribution in [2.24, 2.45) is 5.10 Å². The smallest absolute Gasteiger partial charge is 0.401 e. The van der Waals surface area contributed by atoms with Gasteiger partial charge in [0, 0.05) is 29.3 Å². The molecular formula is C18H18F6N4O3. The fourth-order valence-corrected chi connectivity index (χ4v) is 3.88. The van der Waals surface area contributed by atoms with E-state index >= 15 is 0 Å². The van der Waals surface area contributed by atoms with Gasteiger partial charge in [0.25, 0.3) is 11.8 Å². The van der Waals surface area contributed by atoms with Crippen LogP contribution in [0.1, 0.15) is 34.1 Å². The molecule has 0 saturated carbocycles. The molecule has 13 heteroatoms. The molecule has 1 unspecified atom stereocenters. The maximum Gasteiger partial charge on any atom is 0.401 e. The molecule has 4 rings (SSSR count). The van der Waals surface area contributed by atoms with E-state index in [0.717, 1.165) is 6.07 Å². The van der Waals surface area contributed by atoms with Gasteiger partial charge in [-0.15, -0.1) is 5.10 Å². The fraction of sp³-hybridized carbons (Fsp3) is 0.556. The van der Waals surface area contributed by atoms with Crippen LogP contribution < -0.4 is 10.7 Å². The summed E-state index contributed by atoms with van der Waals surface area (Å²) in [5, 5.41) is 5.75. The van der Waals surface area contributed by atoms with Crippen LogP contribution in [0.25, 0.3) is 0 Å². The van der Waals surface area contributed by atoms with Crippen LogP contribution in [0.5, 0.6) is 0 Å². The molecule has 1 fully saturated rings. The predicted octanol–water partition coefficient (Wildman–Crippen LogP) is 2.29. The minimum Gasteiger partial charge on any atom is -0.446 e. The molecule has 7 nitrogen and oxygen atoms in total. The Hall–Kier alpha value is -2.54. The van der Waals surface area contributed by atoms with Gasteiger partial charge in [-0.3, -0.25) is 10.2 Å². The molecule has 3 aliphatic heterocycles. The Morgan fingerprint density at radius 2 is 2.10 bits per heavy atom. The number of amides is 1. The van der Waals surface area contributed by atoms with Crippen molar-refractivity contribution in [3.63, 3.8) is 0 Å². The molecule has 1 aromatic carbocycles. The highest BCUT2D eigenvalue weighted by molar-refractivity contribution is 5.99. The Balaban J connectivity index is 1.53. The number of hydrazone groups is 1. The van der Waals surface area contributed by atoms with E-state index in [0.29, 0.717) is 0 Å². The van der Waals surface area contributed by atoms with Gasteiger partial charge in [-0.1, -0.05) is 0 Å². The number of carbonyl (C=O) groups is 1. The highest BCUT2D eigenvalue weighted by atomic mass is 19.4. The lowest BCUT2D eigenvalue weighted by atomic mass is 10.0. The molecule has 1 amide bonds. The van der Waals surface area contributed by atoms with Crippen molar-refractivity contribution in [3.8, 4) is 0 Å². The maximum absolute atomic E-state index is 14.7. The molecule has 0 radical (unpaired) electrons. The summed E-state index contributed by atoms with van der Waals surface area (Å²) < 4.78 is 88.3. The lowest BCUT2D eigenvalue weighted by Crippen LogP contribution is -2.56. The van der Waals surface area contributed by atoms with Gasteiger partial charge in [0.15, 0.2) is 0 Å². The van der Waals surface area contributed by atoms with E-state index in [1.54, 1.807) is 0 Å². The molecule has 3 atom stereocenters. The quantitative estimate of drug-likeness (QED) is 0.671. The van der Waals surface area contributed by atoms with Gasteiger partial charge in [0.1, 0.15) is 5.82 Å². The lowest BCUT2D eigenvalue weighted by Gasteiger charge is -2.38. The number of nitrogens with one attached hydrogen (secondary N) is 2. The van der Waals surface area contributed by atoms with Crippen molar-refractivity contribution in [2.75, 3.05) is 19.8 Å². The molecule has 3 aliphatic rings. The average molecular weight is 452 g/mol. The van der Waals surface area contributed by atoms with Gasteiger partial charge in [-0.25, -0.2) is 4.39 Å². The Bertz CT molecular complexity index is 894. The van der Waals surface area contributed by atoms with E-state index in [4.69, 9.17) is 9.47 Å². The molecule has 31 heavy (non-hydrogen) atoms. The van der Waals surface area contributed by atoms with Crippen LogP contribution in [0.4, 0.5) is 26.3 Å². The monoisotopic (exact) mass is 452 g/mol. The second-order valence-corrected chi connectivity index (χ2v) is 7.37. The third-order valence-corrected chi connectivity index (χ3v) is 5.35. The Morgan fingerprint density at radius 1 is 1.32 bits per heavy atom. The maximum atomic E-state index is 14.7. The number of nitrogens with zero attached hydrogens (tertiary/aromatic N) is 2. The summed E-state index contributed by atoms with van der Waals surface area (Å²) in [5.74, 6) is -2.19. The fourth-order valence-electron chi connectivity index (χ4n) is 3.88. The number of ether oxygens (including phenoxy) is 2. The lowest BCUT2D eigenvalue weighted by molar-refractivity contribution is -0.129. The summed E-state index contributed by atoms with van der Waals surface area (Å²) in [6.07, 6.45) is -8.32. The van der Waals surface area contributed by atoms with E-state index in [9.17, 15) is 31.1 Å². The first-order valence-corrected chi connectivity index (χ1v) is 9.43. The number of benzene rings is 1. The van der Waals surface area contributed by atoms with Crippen molar-refractivity contribution in [1.82, 2.24) is 15.6 Å². The zero-order valence-corrected chi connectivity index (χ0v) is 15.9. The third-order valence-electron chi connectivity index (χ3n) is 5.35. The highest BCUT2D eigenvalue weighted by Gasteiger charge is 2.41. The number of halogens is 6. The van der Waals surface area contributed by atoms with Gasteiger partial charge in [-0.2, -0.15) is 22.0 Å². The van der Waals surface area contributed by atoms with Crippen LogP contribution in [0.3, 0.4) is 0 Å². The van der Waals surface area contributed by atoms with Gasteiger partial charge in [0.2, 0.25) is 6.23 Å². The van der Waals surface area contributed by atoms with Crippen molar-refractivity contribution in [2.45, 2.75) is 43.9 Å². The first-order valence-electron chi connectivity index (χ1n) is 9.43. The predicted molar refractivity (Wildman–Crippen MR) is 93.7 cm³/mol. The molecule has 0 aromatic heterocycles. The van der Waals surface area contributed by atoms with Crippen molar-refractivity contribution in [1.29, 1.82) is 0 Å². The highest BCUT2D eigenvalue weighted by Crippen LogP contribution is 2.33. The number of carbonyl (C=O) groups excluding carboxylic acids is 1. The molecule has 170 valence electrons. The van der Waals surface area contributed by atoms with Crippen LogP contribution >= 0.6 is 0 Å². The summed E-state index contributed by atoms with van der Waals surface area (Å²) in [4.78, 5) is 14.3. The largest absolute Gasteiger partial charge is 0.446 e. The average Bonchev–Trinajstić information content (AvgIpc) is 3.32. The van der Waals surface area contributed by atoms with Crippen LogP contribution in [-0.2, 0) is 16.0 Å².